The van der Waals surface area contributed by atoms with Gasteiger partial charge in [-0.15, -0.1) is 0 Å². The number of nitrogens with one attached hydrogen (secondary N) is 1. The van der Waals surface area contributed by atoms with Gasteiger partial charge in [0.05, 0.1) is 0 Å². The van der Waals surface area contributed by atoms with Crippen molar-refractivity contribution in [3.63, 3.8) is 0 Å². The molecule has 0 saturated heterocycles. The molecular formula is C14H21NOS. The van der Waals surface area contributed by atoms with Crippen LogP contribution in [0.2, 0.25) is 0 Å². The molecule has 0 amide bonds. The lowest BCUT2D eigenvalue weighted by atomic mass is 9.69. The zero-order valence-electron chi connectivity index (χ0n) is 10.9. The van der Waals surface area contributed by atoms with Crippen molar-refractivity contribution in [2.75, 3.05) is 13.3 Å². The quantitative estimate of drug-likeness (QED) is 0.847. The minimum absolute atomic E-state index is 0.0503. The van der Waals surface area contributed by atoms with Crippen molar-refractivity contribution in [1.29, 1.82) is 0 Å². The van der Waals surface area contributed by atoms with E-state index in [9.17, 15) is 5.11 Å². The Morgan fingerprint density at radius 1 is 1.41 bits per heavy atom. The Labute approximate surface area is 108 Å². The molecule has 2 N–H and O–H groups in total. The summed E-state index contributed by atoms with van der Waals surface area (Å²) in [5.74, 6) is 0.370. The topological polar surface area (TPSA) is 32.3 Å². The van der Waals surface area contributed by atoms with E-state index in [2.05, 4.69) is 31.5 Å². The highest BCUT2D eigenvalue weighted by molar-refractivity contribution is 7.99. The Bertz CT molecular complexity index is 417. The minimum Gasteiger partial charge on any atom is -0.508 e. The first-order chi connectivity index (χ1) is 8.00. The van der Waals surface area contributed by atoms with Crippen LogP contribution in [0.5, 0.6) is 5.75 Å². The summed E-state index contributed by atoms with van der Waals surface area (Å²) in [6, 6.07) is 6.23. The molecule has 2 rings (SSSR count). The molecule has 2 nitrogen and oxygen atoms in total. The lowest BCUT2D eigenvalue weighted by molar-refractivity contribution is 0.326. The maximum absolute atomic E-state index is 9.68. The number of fused-ring (bicyclic) bond motifs is 1. The smallest absolute Gasteiger partial charge is 0.115 e. The highest BCUT2D eigenvalue weighted by Crippen LogP contribution is 2.41. The van der Waals surface area contributed by atoms with Crippen molar-refractivity contribution in [2.24, 2.45) is 0 Å². The average molecular weight is 251 g/mol. The fourth-order valence-corrected chi connectivity index (χ4v) is 4.17. The predicted octanol–water partition coefficient (Wildman–Crippen LogP) is 2.55. The van der Waals surface area contributed by atoms with Gasteiger partial charge in [0.25, 0.3) is 0 Å². The van der Waals surface area contributed by atoms with E-state index < -0.39 is 0 Å². The lowest BCUT2D eigenvalue weighted by Crippen LogP contribution is -2.53. The van der Waals surface area contributed by atoms with Gasteiger partial charge >= 0.3 is 0 Å². The lowest BCUT2D eigenvalue weighted by Gasteiger charge is -2.44. The molecule has 0 radical (unpaired) electrons. The molecule has 1 aliphatic rings. The fraction of sp³-hybridized carbons (Fsp3) is 0.571. The Balaban J connectivity index is 2.52. The first kappa shape index (κ1) is 12.8. The average Bonchev–Trinajstić information content (AvgIpc) is 2.29. The van der Waals surface area contributed by atoms with Gasteiger partial charge in [-0.25, -0.2) is 0 Å². The number of aromatic hydroxyl groups is 1. The largest absolute Gasteiger partial charge is 0.508 e. The third-order valence-corrected chi connectivity index (χ3v) is 5.02. The summed E-state index contributed by atoms with van der Waals surface area (Å²) < 4.78 is 0. The standard InChI is InChI=1S/C14H21NOS/c1-14(2)11-8-10(16)6-5-9(11)7-12(17-4)13(14)15-3/h5-6,8,12-13,15-16H,7H2,1-4H3/t12-,13+/m1/s1. The van der Waals surface area contributed by atoms with E-state index in [4.69, 9.17) is 0 Å². The normalized spacial score (nSPS) is 26.6. The van der Waals surface area contributed by atoms with Crippen LogP contribution in [0.1, 0.15) is 25.0 Å². The fourth-order valence-electron chi connectivity index (χ4n) is 3.08. The summed E-state index contributed by atoms with van der Waals surface area (Å²) in [5, 5.41) is 13.7. The number of hydrogen-bond acceptors (Lipinski definition) is 3. The van der Waals surface area contributed by atoms with Crippen LogP contribution in [-0.4, -0.2) is 29.7 Å². The van der Waals surface area contributed by atoms with Crippen molar-refractivity contribution in [3.05, 3.63) is 29.3 Å². The van der Waals surface area contributed by atoms with Crippen molar-refractivity contribution < 1.29 is 5.11 Å². The third-order valence-electron chi connectivity index (χ3n) is 3.97. The van der Waals surface area contributed by atoms with Gasteiger partial charge in [0.15, 0.2) is 0 Å². The summed E-state index contributed by atoms with van der Waals surface area (Å²) in [6.07, 6.45) is 3.25. The van der Waals surface area contributed by atoms with Gasteiger partial charge in [0.2, 0.25) is 0 Å². The van der Waals surface area contributed by atoms with Crippen LogP contribution < -0.4 is 5.32 Å². The van der Waals surface area contributed by atoms with Crippen LogP contribution in [0, 0.1) is 0 Å². The molecule has 0 bridgehead atoms. The number of thioether (sulfide) groups is 1. The van der Waals surface area contributed by atoms with Gasteiger partial charge in [-0.2, -0.15) is 11.8 Å². The second kappa shape index (κ2) is 4.54. The van der Waals surface area contributed by atoms with E-state index in [-0.39, 0.29) is 5.41 Å². The molecule has 0 heterocycles. The predicted molar refractivity (Wildman–Crippen MR) is 75.0 cm³/mol. The Morgan fingerprint density at radius 2 is 2.12 bits per heavy atom. The molecule has 1 aromatic carbocycles. The van der Waals surface area contributed by atoms with Gasteiger partial charge in [-0.3, -0.25) is 0 Å². The molecule has 1 aromatic rings. The Kier molecular flexibility index (Phi) is 3.41. The Hall–Kier alpha value is -0.670. The highest BCUT2D eigenvalue weighted by Gasteiger charge is 2.41. The molecule has 0 aromatic heterocycles. The molecule has 0 spiro atoms. The maximum Gasteiger partial charge on any atom is 0.115 e. The number of benzene rings is 1. The van der Waals surface area contributed by atoms with Crippen molar-refractivity contribution in [3.8, 4) is 5.75 Å². The van der Waals surface area contributed by atoms with E-state index in [1.807, 2.05) is 24.9 Å². The summed E-state index contributed by atoms with van der Waals surface area (Å²) in [6.45, 7) is 4.52. The molecule has 3 heteroatoms. The van der Waals surface area contributed by atoms with Gasteiger partial charge in [-0.05, 0) is 43.0 Å². The molecular weight excluding hydrogens is 230 g/mol. The van der Waals surface area contributed by atoms with Crippen molar-refractivity contribution in [2.45, 2.75) is 37.0 Å². The SMILES string of the molecule is CN[C@H]1[C@H](SC)Cc2ccc(O)cc2C1(C)C. The van der Waals surface area contributed by atoms with E-state index >= 15 is 0 Å². The second-order valence-corrected chi connectivity index (χ2v) is 6.38. The van der Waals surface area contributed by atoms with Gasteiger partial charge in [0.1, 0.15) is 5.75 Å². The summed E-state index contributed by atoms with van der Waals surface area (Å²) >= 11 is 1.92. The van der Waals surface area contributed by atoms with E-state index in [0.717, 1.165) is 6.42 Å². The molecule has 94 valence electrons. The number of hydrogen-bond donors (Lipinski definition) is 2. The van der Waals surface area contributed by atoms with Crippen LogP contribution in [0.15, 0.2) is 18.2 Å². The first-order valence-corrected chi connectivity index (χ1v) is 7.32. The monoisotopic (exact) mass is 251 g/mol. The first-order valence-electron chi connectivity index (χ1n) is 6.03. The number of likely N-dealkylation sites (N-methyl/N-ethyl adjacent to an activating group) is 1. The molecule has 17 heavy (non-hydrogen) atoms. The van der Waals surface area contributed by atoms with Crippen LogP contribution in [-0.2, 0) is 11.8 Å². The molecule has 0 aliphatic heterocycles. The molecule has 0 fully saturated rings. The maximum atomic E-state index is 9.68. The van der Waals surface area contributed by atoms with Crippen molar-refractivity contribution >= 4 is 11.8 Å². The van der Waals surface area contributed by atoms with Crippen LogP contribution in [0.4, 0.5) is 0 Å². The number of phenols is 1. The molecule has 2 atom stereocenters. The van der Waals surface area contributed by atoms with Gasteiger partial charge in [0, 0.05) is 16.7 Å². The van der Waals surface area contributed by atoms with Gasteiger partial charge in [-0.1, -0.05) is 19.9 Å². The van der Waals surface area contributed by atoms with Crippen LogP contribution >= 0.6 is 11.8 Å². The van der Waals surface area contributed by atoms with E-state index in [1.165, 1.54) is 11.1 Å². The van der Waals surface area contributed by atoms with E-state index in [0.29, 0.717) is 17.0 Å². The zero-order valence-corrected chi connectivity index (χ0v) is 11.8. The summed E-state index contributed by atoms with van der Waals surface area (Å²) in [4.78, 5) is 0. The highest BCUT2D eigenvalue weighted by atomic mass is 32.2. The summed E-state index contributed by atoms with van der Waals surface area (Å²) in [5.41, 5.74) is 2.70. The van der Waals surface area contributed by atoms with Crippen LogP contribution in [0.3, 0.4) is 0 Å². The Morgan fingerprint density at radius 3 is 2.71 bits per heavy atom. The minimum atomic E-state index is 0.0503. The number of phenolic OH excluding ortho intramolecular Hbond substituents is 1. The summed E-state index contributed by atoms with van der Waals surface area (Å²) in [7, 11) is 2.03. The zero-order chi connectivity index (χ0) is 12.6. The van der Waals surface area contributed by atoms with Gasteiger partial charge < -0.3 is 10.4 Å². The van der Waals surface area contributed by atoms with Crippen molar-refractivity contribution in [1.82, 2.24) is 5.32 Å². The van der Waals surface area contributed by atoms with Crippen LogP contribution in [0.25, 0.3) is 0 Å². The molecule has 0 unspecified atom stereocenters. The third kappa shape index (κ3) is 2.06. The second-order valence-electron chi connectivity index (χ2n) is 5.31. The number of rotatable bonds is 2. The molecule has 0 saturated carbocycles. The molecule has 1 aliphatic carbocycles. The van der Waals surface area contributed by atoms with E-state index in [1.54, 1.807) is 6.07 Å².